The molecule has 3 aliphatic heterocycles. The number of carbonyl (C=O) groups is 2. The minimum Gasteiger partial charge on any atom is -0.508 e. The number of carbonyl (C=O) groups excluding carboxylic acids is 1. The fourth-order valence-corrected chi connectivity index (χ4v) is 4.94. The lowest BCUT2D eigenvalue weighted by Gasteiger charge is -2.54. The van der Waals surface area contributed by atoms with E-state index in [-0.39, 0.29) is 48.7 Å². The van der Waals surface area contributed by atoms with Gasteiger partial charge < -0.3 is 24.6 Å². The van der Waals surface area contributed by atoms with Crippen molar-refractivity contribution in [2.45, 2.75) is 69.8 Å². The number of carboxylic acids is 1. The van der Waals surface area contributed by atoms with Gasteiger partial charge in [0, 0.05) is 30.5 Å². The Morgan fingerprint density at radius 3 is 2.82 bits per heavy atom. The van der Waals surface area contributed by atoms with Gasteiger partial charge >= 0.3 is 5.97 Å². The van der Waals surface area contributed by atoms with Crippen LogP contribution in [-0.4, -0.2) is 51.3 Å². The smallest absolute Gasteiger partial charge is 0.303 e. The number of amides is 1. The Kier molecular flexibility index (Phi) is 4.73. The van der Waals surface area contributed by atoms with Crippen LogP contribution in [-0.2, 0) is 14.3 Å². The Hall–Kier alpha value is -2.28. The summed E-state index contributed by atoms with van der Waals surface area (Å²) in [6.07, 6.45) is 2.14. The van der Waals surface area contributed by atoms with Gasteiger partial charge in [-0.1, -0.05) is 0 Å². The number of nitrogens with zero attached hydrogens (tertiary/aromatic N) is 1. The van der Waals surface area contributed by atoms with Gasteiger partial charge in [-0.2, -0.15) is 0 Å². The van der Waals surface area contributed by atoms with Crippen LogP contribution in [0, 0.1) is 5.92 Å². The molecule has 3 aliphatic rings. The van der Waals surface area contributed by atoms with Crippen molar-refractivity contribution in [1.82, 2.24) is 4.90 Å². The van der Waals surface area contributed by atoms with E-state index in [0.29, 0.717) is 12.3 Å². The lowest BCUT2D eigenvalue weighted by Crippen LogP contribution is -2.60. The number of ether oxygens (including phenoxy) is 2. The molecule has 1 aromatic rings. The molecule has 1 amide bonds. The third-order valence-corrected chi connectivity index (χ3v) is 6.34. The zero-order valence-corrected chi connectivity index (χ0v) is 16.3. The Morgan fingerprint density at radius 1 is 1.29 bits per heavy atom. The van der Waals surface area contributed by atoms with E-state index >= 15 is 0 Å². The first kappa shape index (κ1) is 19.1. The van der Waals surface area contributed by atoms with Gasteiger partial charge in [-0.25, -0.2) is 0 Å². The number of hydrogen-bond donors (Lipinski definition) is 2. The molecule has 2 saturated heterocycles. The molecule has 2 N–H and O–H groups in total. The maximum absolute atomic E-state index is 12.7. The molecule has 3 heterocycles. The number of piperidine rings is 1. The summed E-state index contributed by atoms with van der Waals surface area (Å²) >= 11 is 0. The maximum Gasteiger partial charge on any atom is 0.303 e. The number of rotatable bonds is 3. The van der Waals surface area contributed by atoms with E-state index in [9.17, 15) is 14.7 Å². The second-order valence-corrected chi connectivity index (χ2v) is 8.56. The second-order valence-electron chi connectivity index (χ2n) is 8.56. The van der Waals surface area contributed by atoms with Crippen molar-refractivity contribution in [1.29, 1.82) is 0 Å². The molecular formula is C21H27NO6. The van der Waals surface area contributed by atoms with Crippen LogP contribution in [0.25, 0.3) is 0 Å². The van der Waals surface area contributed by atoms with Gasteiger partial charge in [0.25, 0.3) is 0 Å². The topological polar surface area (TPSA) is 96.3 Å². The highest BCUT2D eigenvalue weighted by Crippen LogP contribution is 2.52. The second kappa shape index (κ2) is 6.95. The Morgan fingerprint density at radius 2 is 2.07 bits per heavy atom. The number of aromatic hydroxyl groups is 1. The van der Waals surface area contributed by atoms with E-state index in [1.807, 2.05) is 24.8 Å². The molecule has 4 rings (SSSR count). The molecule has 0 radical (unpaired) electrons. The van der Waals surface area contributed by atoms with Crippen LogP contribution in [0.1, 0.15) is 57.6 Å². The molecule has 28 heavy (non-hydrogen) atoms. The van der Waals surface area contributed by atoms with E-state index in [1.54, 1.807) is 12.1 Å². The molecule has 0 spiro atoms. The molecule has 0 aliphatic carbocycles. The van der Waals surface area contributed by atoms with Crippen molar-refractivity contribution < 1.29 is 29.3 Å². The van der Waals surface area contributed by atoms with Crippen LogP contribution in [0.5, 0.6) is 11.5 Å². The van der Waals surface area contributed by atoms with E-state index < -0.39 is 11.6 Å². The van der Waals surface area contributed by atoms with Crippen LogP contribution in [0.3, 0.4) is 0 Å². The van der Waals surface area contributed by atoms with E-state index in [0.717, 1.165) is 24.8 Å². The average Bonchev–Trinajstić information content (AvgIpc) is 2.63. The predicted molar refractivity (Wildman–Crippen MR) is 100 cm³/mol. The first-order chi connectivity index (χ1) is 13.3. The molecule has 0 unspecified atom stereocenters. The van der Waals surface area contributed by atoms with E-state index in [2.05, 4.69) is 0 Å². The SMILES string of the molecule is CC1(C)Oc2cc(O)ccc2[C@H]2O[C@H]3CCCN(C(=O)CCC(=O)O)[C@H]3C[C@@H]21. The van der Waals surface area contributed by atoms with Gasteiger partial charge in [0.15, 0.2) is 0 Å². The number of carboxylic acid groups (broad SMARTS) is 1. The summed E-state index contributed by atoms with van der Waals surface area (Å²) < 4.78 is 12.7. The summed E-state index contributed by atoms with van der Waals surface area (Å²) in [6.45, 7) is 4.67. The van der Waals surface area contributed by atoms with Gasteiger partial charge in [-0.05, 0) is 45.2 Å². The molecule has 0 aromatic heterocycles. The Balaban J connectivity index is 1.60. The predicted octanol–water partition coefficient (Wildman–Crippen LogP) is 2.87. The van der Waals surface area contributed by atoms with Crippen molar-refractivity contribution >= 4 is 11.9 Å². The average molecular weight is 389 g/mol. The summed E-state index contributed by atoms with van der Waals surface area (Å²) in [6, 6.07) is 5.08. The Bertz CT molecular complexity index is 791. The van der Waals surface area contributed by atoms with Crippen LogP contribution in [0.15, 0.2) is 18.2 Å². The molecule has 1 aromatic carbocycles. The van der Waals surface area contributed by atoms with Gasteiger partial charge in [0.1, 0.15) is 17.1 Å². The normalized spacial score (nSPS) is 30.4. The first-order valence-electron chi connectivity index (χ1n) is 9.95. The van der Waals surface area contributed by atoms with Crippen LogP contribution in [0.4, 0.5) is 0 Å². The largest absolute Gasteiger partial charge is 0.508 e. The maximum atomic E-state index is 12.7. The van der Waals surface area contributed by atoms with E-state index in [4.69, 9.17) is 14.6 Å². The lowest BCUT2D eigenvalue weighted by atomic mass is 9.72. The molecule has 4 atom stereocenters. The number of likely N-dealkylation sites (tertiary alicyclic amines) is 1. The summed E-state index contributed by atoms with van der Waals surface area (Å²) in [5.41, 5.74) is 0.429. The van der Waals surface area contributed by atoms with Crippen LogP contribution >= 0.6 is 0 Å². The van der Waals surface area contributed by atoms with E-state index in [1.165, 1.54) is 0 Å². The summed E-state index contributed by atoms with van der Waals surface area (Å²) in [4.78, 5) is 25.3. The highest BCUT2D eigenvalue weighted by atomic mass is 16.5. The number of benzene rings is 1. The quantitative estimate of drug-likeness (QED) is 0.825. The van der Waals surface area contributed by atoms with Gasteiger partial charge in [-0.15, -0.1) is 0 Å². The third-order valence-electron chi connectivity index (χ3n) is 6.34. The van der Waals surface area contributed by atoms with Crippen molar-refractivity contribution in [2.75, 3.05) is 6.54 Å². The number of aliphatic carboxylic acids is 1. The minimum atomic E-state index is -0.955. The molecule has 0 bridgehead atoms. The summed E-state index contributed by atoms with van der Waals surface area (Å²) in [5.74, 6) is -0.203. The molecule has 152 valence electrons. The molecule has 7 nitrogen and oxygen atoms in total. The standard InChI is InChI=1S/C21H27NO6/c1-21(2)14-11-15-16(4-3-9-22(15)18(24)7-8-19(25)26)27-20(14)13-6-5-12(23)10-17(13)28-21/h5-6,10,14-16,20,23H,3-4,7-9,11H2,1-2H3,(H,25,26)/t14-,15-,16-,20+/m0/s1. The van der Waals surface area contributed by atoms with Gasteiger partial charge in [0.2, 0.25) is 5.91 Å². The summed E-state index contributed by atoms with van der Waals surface area (Å²) in [5, 5.41) is 18.7. The Labute approximate surface area is 164 Å². The molecule has 2 fully saturated rings. The molecule has 0 saturated carbocycles. The van der Waals surface area contributed by atoms with Crippen LogP contribution in [0.2, 0.25) is 0 Å². The highest BCUT2D eigenvalue weighted by molar-refractivity contribution is 5.81. The third kappa shape index (κ3) is 3.32. The summed E-state index contributed by atoms with van der Waals surface area (Å²) in [7, 11) is 0. The number of phenols is 1. The van der Waals surface area contributed by atoms with Gasteiger partial charge in [0.05, 0.1) is 24.7 Å². The van der Waals surface area contributed by atoms with Crippen molar-refractivity contribution in [3.05, 3.63) is 23.8 Å². The molecule has 7 heteroatoms. The lowest BCUT2D eigenvalue weighted by molar-refractivity contribution is -0.193. The number of fused-ring (bicyclic) bond motifs is 4. The number of hydrogen-bond acceptors (Lipinski definition) is 5. The monoisotopic (exact) mass is 389 g/mol. The highest BCUT2D eigenvalue weighted by Gasteiger charge is 2.52. The van der Waals surface area contributed by atoms with Gasteiger partial charge in [-0.3, -0.25) is 9.59 Å². The minimum absolute atomic E-state index is 0.0225. The number of phenolic OH excluding ortho intramolecular Hbond substituents is 1. The van der Waals surface area contributed by atoms with Crippen molar-refractivity contribution in [2.24, 2.45) is 5.92 Å². The zero-order chi connectivity index (χ0) is 20.1. The molecular weight excluding hydrogens is 362 g/mol. The van der Waals surface area contributed by atoms with Crippen molar-refractivity contribution in [3.8, 4) is 11.5 Å². The fraction of sp³-hybridized carbons (Fsp3) is 0.619. The van der Waals surface area contributed by atoms with Crippen LogP contribution < -0.4 is 4.74 Å². The fourth-order valence-electron chi connectivity index (χ4n) is 4.94. The first-order valence-corrected chi connectivity index (χ1v) is 9.95. The van der Waals surface area contributed by atoms with Crippen molar-refractivity contribution in [3.63, 3.8) is 0 Å². The zero-order valence-electron chi connectivity index (χ0n) is 16.3.